The summed E-state index contributed by atoms with van der Waals surface area (Å²) in [5.41, 5.74) is 13.2. The lowest BCUT2D eigenvalue weighted by Gasteiger charge is -2.28. The molecule has 3 nitrogen and oxygen atoms in total. The normalized spacial score (nSPS) is 32.9. The smallest absolute Gasteiger partial charge is 0.128 e. The van der Waals surface area contributed by atoms with Gasteiger partial charge in [-0.25, -0.2) is 4.98 Å². The zero-order valence-electron chi connectivity index (χ0n) is 9.77. The first-order valence-corrected chi connectivity index (χ1v) is 6.69. The number of nitrogen functional groups attached to an aromatic ring is 1. The van der Waals surface area contributed by atoms with Gasteiger partial charge in [-0.05, 0) is 43.1 Å². The minimum absolute atomic E-state index is 0.00324. The molecule has 4 atom stereocenters. The van der Waals surface area contributed by atoms with Crippen LogP contribution >= 0.6 is 11.6 Å². The molecule has 4 heteroatoms. The first-order valence-electron chi connectivity index (χ1n) is 6.31. The molecule has 2 aliphatic rings. The van der Waals surface area contributed by atoms with Crippen molar-refractivity contribution in [1.29, 1.82) is 0 Å². The molecule has 0 aliphatic heterocycles. The molecule has 0 saturated heterocycles. The fourth-order valence-corrected chi connectivity index (χ4v) is 3.86. The molecule has 17 heavy (non-hydrogen) atoms. The van der Waals surface area contributed by atoms with Gasteiger partial charge in [0.2, 0.25) is 0 Å². The number of pyridine rings is 1. The van der Waals surface area contributed by atoms with Crippen LogP contribution in [0.4, 0.5) is 5.82 Å². The van der Waals surface area contributed by atoms with E-state index < -0.39 is 0 Å². The van der Waals surface area contributed by atoms with E-state index in [-0.39, 0.29) is 6.04 Å². The second-order valence-corrected chi connectivity index (χ2v) is 5.93. The molecule has 1 aromatic rings. The Morgan fingerprint density at radius 2 is 2.18 bits per heavy atom. The maximum Gasteiger partial charge on any atom is 0.128 e. The van der Waals surface area contributed by atoms with E-state index in [4.69, 9.17) is 23.1 Å². The fraction of sp³-hybridized carbons (Fsp3) is 0.615. The van der Waals surface area contributed by atoms with Gasteiger partial charge in [-0.3, -0.25) is 0 Å². The maximum absolute atomic E-state index is 6.38. The van der Waals surface area contributed by atoms with Crippen LogP contribution in [0.15, 0.2) is 12.3 Å². The van der Waals surface area contributed by atoms with Crippen LogP contribution in [0.1, 0.15) is 37.3 Å². The summed E-state index contributed by atoms with van der Waals surface area (Å²) in [5.74, 6) is 2.78. The van der Waals surface area contributed by atoms with E-state index in [2.05, 4.69) is 4.98 Å². The van der Waals surface area contributed by atoms with E-state index in [9.17, 15) is 0 Å². The molecular formula is C13H18ClN3. The number of nitrogens with zero attached hydrogens (tertiary/aromatic N) is 1. The monoisotopic (exact) mass is 251 g/mol. The van der Waals surface area contributed by atoms with E-state index in [0.717, 1.165) is 17.4 Å². The lowest BCUT2D eigenvalue weighted by Crippen LogP contribution is -2.27. The summed E-state index contributed by atoms with van der Waals surface area (Å²) in [7, 11) is 0. The Morgan fingerprint density at radius 1 is 1.35 bits per heavy atom. The van der Waals surface area contributed by atoms with Crippen molar-refractivity contribution in [3.63, 3.8) is 0 Å². The molecule has 0 aromatic carbocycles. The minimum Gasteiger partial charge on any atom is -0.383 e. The predicted octanol–water partition coefficient (Wildman–Crippen LogP) is 2.75. The van der Waals surface area contributed by atoms with Crippen LogP contribution < -0.4 is 11.5 Å². The minimum atomic E-state index is -0.00324. The molecule has 2 bridgehead atoms. The van der Waals surface area contributed by atoms with Gasteiger partial charge < -0.3 is 11.5 Å². The van der Waals surface area contributed by atoms with Crippen molar-refractivity contribution in [3.05, 3.63) is 22.8 Å². The summed E-state index contributed by atoms with van der Waals surface area (Å²) in [5, 5.41) is 0.618. The summed E-state index contributed by atoms with van der Waals surface area (Å²) in [4.78, 5) is 4.10. The highest BCUT2D eigenvalue weighted by molar-refractivity contribution is 6.30. The van der Waals surface area contributed by atoms with E-state index in [0.29, 0.717) is 16.8 Å². The van der Waals surface area contributed by atoms with E-state index in [1.807, 2.05) is 6.07 Å². The third-order valence-electron chi connectivity index (χ3n) is 4.53. The molecule has 0 spiro atoms. The molecule has 3 rings (SSSR count). The van der Waals surface area contributed by atoms with Crippen LogP contribution in [0.5, 0.6) is 0 Å². The van der Waals surface area contributed by atoms with Crippen LogP contribution in [0.25, 0.3) is 0 Å². The van der Waals surface area contributed by atoms with Crippen LogP contribution in [0.3, 0.4) is 0 Å². The Morgan fingerprint density at radius 3 is 2.82 bits per heavy atom. The van der Waals surface area contributed by atoms with Gasteiger partial charge in [-0.15, -0.1) is 0 Å². The highest BCUT2D eigenvalue weighted by Gasteiger charge is 2.42. The van der Waals surface area contributed by atoms with E-state index in [1.165, 1.54) is 25.7 Å². The molecule has 92 valence electrons. The van der Waals surface area contributed by atoms with Crippen molar-refractivity contribution in [1.82, 2.24) is 4.98 Å². The number of rotatable bonds is 2. The third kappa shape index (κ3) is 1.91. The lowest BCUT2D eigenvalue weighted by molar-refractivity contribution is 0.284. The summed E-state index contributed by atoms with van der Waals surface area (Å²) in [6.07, 6.45) is 6.89. The van der Waals surface area contributed by atoms with Gasteiger partial charge in [0, 0.05) is 17.8 Å². The van der Waals surface area contributed by atoms with Crippen molar-refractivity contribution in [2.24, 2.45) is 23.5 Å². The zero-order valence-corrected chi connectivity index (χ0v) is 10.5. The van der Waals surface area contributed by atoms with Gasteiger partial charge in [0.15, 0.2) is 0 Å². The van der Waals surface area contributed by atoms with Gasteiger partial charge in [-0.2, -0.15) is 0 Å². The maximum atomic E-state index is 6.38. The van der Waals surface area contributed by atoms with Crippen molar-refractivity contribution in [2.45, 2.75) is 31.7 Å². The number of hydrogen-bond donors (Lipinski definition) is 2. The average molecular weight is 252 g/mol. The second-order valence-electron chi connectivity index (χ2n) is 5.49. The highest BCUT2D eigenvalue weighted by atomic mass is 35.5. The molecule has 2 fully saturated rings. The zero-order chi connectivity index (χ0) is 12.0. The Labute approximate surface area is 107 Å². The van der Waals surface area contributed by atoms with Crippen molar-refractivity contribution >= 4 is 17.4 Å². The number of anilines is 1. The van der Waals surface area contributed by atoms with Crippen molar-refractivity contribution in [2.75, 3.05) is 5.73 Å². The molecule has 2 aliphatic carbocycles. The quantitative estimate of drug-likeness (QED) is 0.850. The molecule has 0 amide bonds. The number of fused-ring (bicyclic) bond motifs is 2. The summed E-state index contributed by atoms with van der Waals surface area (Å²) in [6, 6.07) is 1.87. The molecule has 2 saturated carbocycles. The van der Waals surface area contributed by atoms with Crippen molar-refractivity contribution < 1.29 is 0 Å². The van der Waals surface area contributed by atoms with Crippen LogP contribution in [-0.4, -0.2) is 4.98 Å². The van der Waals surface area contributed by atoms with Gasteiger partial charge in [-0.1, -0.05) is 18.0 Å². The van der Waals surface area contributed by atoms with Gasteiger partial charge in [0.25, 0.3) is 0 Å². The molecule has 0 radical (unpaired) electrons. The Kier molecular flexibility index (Phi) is 2.75. The van der Waals surface area contributed by atoms with Gasteiger partial charge in [0.1, 0.15) is 5.82 Å². The number of halogens is 1. The largest absolute Gasteiger partial charge is 0.383 e. The van der Waals surface area contributed by atoms with E-state index in [1.54, 1.807) is 6.20 Å². The number of nitrogens with two attached hydrogens (primary N) is 2. The fourth-order valence-electron chi connectivity index (χ4n) is 3.70. The molecule has 1 aromatic heterocycles. The Balaban J connectivity index is 1.86. The SMILES string of the molecule is Nc1ncc(Cl)cc1C(N)C1CC2CCC1C2. The second kappa shape index (κ2) is 4.14. The van der Waals surface area contributed by atoms with Crippen LogP contribution in [0, 0.1) is 17.8 Å². The molecule has 1 heterocycles. The average Bonchev–Trinajstić information content (AvgIpc) is 2.93. The van der Waals surface area contributed by atoms with E-state index >= 15 is 0 Å². The summed E-state index contributed by atoms with van der Waals surface area (Å²) >= 11 is 5.97. The summed E-state index contributed by atoms with van der Waals surface area (Å²) < 4.78 is 0. The van der Waals surface area contributed by atoms with Gasteiger partial charge in [0.05, 0.1) is 5.02 Å². The van der Waals surface area contributed by atoms with Crippen LogP contribution in [0.2, 0.25) is 5.02 Å². The highest BCUT2D eigenvalue weighted by Crippen LogP contribution is 2.52. The topological polar surface area (TPSA) is 64.9 Å². The Hall–Kier alpha value is -0.800. The Bertz CT molecular complexity index is 435. The first-order chi connectivity index (χ1) is 8.15. The van der Waals surface area contributed by atoms with Gasteiger partial charge >= 0.3 is 0 Å². The van der Waals surface area contributed by atoms with Crippen LogP contribution in [-0.2, 0) is 0 Å². The number of hydrogen-bond acceptors (Lipinski definition) is 3. The first kappa shape index (κ1) is 11.3. The summed E-state index contributed by atoms with van der Waals surface area (Å²) in [6.45, 7) is 0. The third-order valence-corrected chi connectivity index (χ3v) is 4.74. The molecule has 4 N–H and O–H groups in total. The van der Waals surface area contributed by atoms with Crippen molar-refractivity contribution in [3.8, 4) is 0 Å². The lowest BCUT2D eigenvalue weighted by atomic mass is 9.81. The molecule has 4 unspecified atom stereocenters. The standard InChI is InChI=1S/C13H18ClN3/c14-9-5-11(13(16)17-6-9)12(15)10-4-7-1-2-8(10)3-7/h5-8,10,12H,1-4,15H2,(H2,16,17). The predicted molar refractivity (Wildman–Crippen MR) is 69.5 cm³/mol. The number of aromatic nitrogens is 1. The molecular weight excluding hydrogens is 234 g/mol.